The second kappa shape index (κ2) is 8.01. The van der Waals surface area contributed by atoms with E-state index < -0.39 is 5.60 Å². The van der Waals surface area contributed by atoms with Gasteiger partial charge in [-0.05, 0) is 52.2 Å². The Bertz CT molecular complexity index is 591. The van der Waals surface area contributed by atoms with Gasteiger partial charge in [-0.25, -0.2) is 4.99 Å². The Morgan fingerprint density at radius 2 is 2.19 bits per heavy atom. The second-order valence-electron chi connectivity index (χ2n) is 7.76. The Labute approximate surface area is 156 Å². The molecule has 2 fully saturated rings. The molecule has 6 heteroatoms. The van der Waals surface area contributed by atoms with Crippen LogP contribution in [0.1, 0.15) is 58.6 Å². The first kappa shape index (κ1) is 19.2. The summed E-state index contributed by atoms with van der Waals surface area (Å²) in [5.41, 5.74) is -0.875. The molecule has 2 saturated carbocycles. The van der Waals surface area contributed by atoms with E-state index in [9.17, 15) is 5.11 Å². The summed E-state index contributed by atoms with van der Waals surface area (Å²) in [4.78, 5) is 4.63. The van der Waals surface area contributed by atoms with Gasteiger partial charge in [0.05, 0.1) is 18.9 Å². The summed E-state index contributed by atoms with van der Waals surface area (Å²) in [5.74, 6) is 1.29. The molecular weight excluding hydrogens is 330 g/mol. The molecule has 0 saturated heterocycles. The maximum absolute atomic E-state index is 10.6. The lowest BCUT2D eigenvalue weighted by Crippen LogP contribution is -2.65. The van der Waals surface area contributed by atoms with Crippen LogP contribution in [0.3, 0.4) is 0 Å². The molecular formula is C20H33N3O3. The molecule has 3 unspecified atom stereocenters. The van der Waals surface area contributed by atoms with E-state index in [1.807, 2.05) is 0 Å². The molecule has 3 rings (SSSR count). The van der Waals surface area contributed by atoms with E-state index in [0.29, 0.717) is 17.9 Å². The van der Waals surface area contributed by atoms with E-state index in [1.165, 1.54) is 25.7 Å². The van der Waals surface area contributed by atoms with Gasteiger partial charge in [0.15, 0.2) is 5.96 Å². The summed E-state index contributed by atoms with van der Waals surface area (Å²) in [5, 5.41) is 17.6. The average Bonchev–Trinajstić information content (AvgIpc) is 3.31. The normalized spacial score (nSPS) is 27.2. The van der Waals surface area contributed by atoms with Crippen LogP contribution in [0.4, 0.5) is 0 Å². The quantitative estimate of drug-likeness (QED) is 0.513. The predicted octanol–water partition coefficient (Wildman–Crippen LogP) is 2.78. The molecule has 0 aromatic carbocycles. The number of aliphatic imine (C=N–C) groups is 1. The molecule has 146 valence electrons. The van der Waals surface area contributed by atoms with E-state index in [-0.39, 0.29) is 12.0 Å². The van der Waals surface area contributed by atoms with Crippen LogP contribution in [0.2, 0.25) is 0 Å². The fourth-order valence-electron chi connectivity index (χ4n) is 4.47. The van der Waals surface area contributed by atoms with Crippen LogP contribution in [0.15, 0.2) is 27.8 Å². The monoisotopic (exact) mass is 363 g/mol. The molecule has 3 atom stereocenters. The molecule has 1 spiro atoms. The Kier molecular flexibility index (Phi) is 5.92. The highest BCUT2D eigenvalue weighted by Crippen LogP contribution is 2.54. The van der Waals surface area contributed by atoms with Gasteiger partial charge < -0.3 is 24.9 Å². The van der Waals surface area contributed by atoms with Gasteiger partial charge in [-0.2, -0.15) is 0 Å². The third kappa shape index (κ3) is 3.76. The molecule has 1 aromatic heterocycles. The predicted molar refractivity (Wildman–Crippen MR) is 102 cm³/mol. The molecule has 0 radical (unpaired) electrons. The lowest BCUT2D eigenvalue weighted by Gasteiger charge is -2.54. The van der Waals surface area contributed by atoms with E-state index in [1.54, 1.807) is 25.3 Å². The number of aliphatic hydroxyl groups is 1. The number of hydrogen-bond donors (Lipinski definition) is 3. The van der Waals surface area contributed by atoms with Crippen LogP contribution in [0.25, 0.3) is 0 Å². The fourth-order valence-corrected chi connectivity index (χ4v) is 4.47. The summed E-state index contributed by atoms with van der Waals surface area (Å²) in [7, 11) is 0. The largest absolute Gasteiger partial charge is 0.466 e. The third-order valence-electron chi connectivity index (χ3n) is 5.94. The number of nitrogens with one attached hydrogen (secondary N) is 2. The summed E-state index contributed by atoms with van der Waals surface area (Å²) in [6, 6.07) is 3.94. The number of guanidine groups is 1. The maximum Gasteiger partial charge on any atom is 0.191 e. The third-order valence-corrected chi connectivity index (χ3v) is 5.94. The van der Waals surface area contributed by atoms with Crippen molar-refractivity contribution in [1.82, 2.24) is 10.6 Å². The van der Waals surface area contributed by atoms with Crippen molar-refractivity contribution in [2.24, 2.45) is 10.4 Å². The van der Waals surface area contributed by atoms with Crippen LogP contribution >= 0.6 is 0 Å². The first-order valence-corrected chi connectivity index (χ1v) is 9.94. The van der Waals surface area contributed by atoms with Gasteiger partial charge in [0.1, 0.15) is 11.4 Å². The summed E-state index contributed by atoms with van der Waals surface area (Å²) in [6.45, 7) is 7.65. The van der Waals surface area contributed by atoms with Crippen molar-refractivity contribution in [2.45, 2.75) is 70.6 Å². The van der Waals surface area contributed by atoms with Crippen molar-refractivity contribution in [3.05, 3.63) is 24.2 Å². The van der Waals surface area contributed by atoms with Crippen molar-refractivity contribution in [2.75, 3.05) is 19.7 Å². The zero-order valence-electron chi connectivity index (χ0n) is 16.3. The molecule has 6 nitrogen and oxygen atoms in total. The zero-order valence-corrected chi connectivity index (χ0v) is 16.3. The maximum atomic E-state index is 10.6. The van der Waals surface area contributed by atoms with Crippen molar-refractivity contribution in [3.8, 4) is 0 Å². The van der Waals surface area contributed by atoms with Crippen LogP contribution in [-0.2, 0) is 10.3 Å². The van der Waals surface area contributed by atoms with Crippen molar-refractivity contribution in [1.29, 1.82) is 0 Å². The topological polar surface area (TPSA) is 79.0 Å². The SMILES string of the molecule is CCNC(=NCC(C)(O)c1ccco1)NC1CC(OCC)C12CCCC2. The van der Waals surface area contributed by atoms with Gasteiger partial charge in [0, 0.05) is 24.6 Å². The smallest absolute Gasteiger partial charge is 0.191 e. The highest BCUT2D eigenvalue weighted by atomic mass is 16.5. The summed E-state index contributed by atoms with van der Waals surface area (Å²) >= 11 is 0. The number of hydrogen-bond acceptors (Lipinski definition) is 4. The number of nitrogens with zero attached hydrogens (tertiary/aromatic N) is 1. The van der Waals surface area contributed by atoms with Crippen molar-refractivity contribution >= 4 is 5.96 Å². The van der Waals surface area contributed by atoms with E-state index in [2.05, 4.69) is 29.5 Å². The highest BCUT2D eigenvalue weighted by Gasteiger charge is 2.57. The number of furan rings is 1. The van der Waals surface area contributed by atoms with Crippen LogP contribution in [0.5, 0.6) is 0 Å². The van der Waals surface area contributed by atoms with Gasteiger partial charge in [-0.15, -0.1) is 0 Å². The van der Waals surface area contributed by atoms with Gasteiger partial charge in [-0.3, -0.25) is 0 Å². The Balaban J connectivity index is 1.67. The van der Waals surface area contributed by atoms with Crippen molar-refractivity contribution in [3.63, 3.8) is 0 Å². The van der Waals surface area contributed by atoms with Gasteiger partial charge in [-0.1, -0.05) is 12.8 Å². The standard InChI is InChI=1S/C20H33N3O3/c1-4-21-18(22-14-19(3,24)16-9-8-12-26-16)23-15-13-17(25-5-2)20(15)10-6-7-11-20/h8-9,12,15,17,24H,4-7,10-11,13-14H2,1-3H3,(H2,21,22,23). The highest BCUT2D eigenvalue weighted by molar-refractivity contribution is 5.80. The fraction of sp³-hybridized carbons (Fsp3) is 0.750. The Hall–Kier alpha value is -1.53. The lowest BCUT2D eigenvalue weighted by molar-refractivity contribution is -0.125. The van der Waals surface area contributed by atoms with Crippen LogP contribution in [0, 0.1) is 5.41 Å². The van der Waals surface area contributed by atoms with Gasteiger partial charge in [0.25, 0.3) is 0 Å². The Morgan fingerprint density at radius 1 is 1.42 bits per heavy atom. The molecule has 2 aliphatic rings. The lowest BCUT2D eigenvalue weighted by atomic mass is 9.60. The minimum atomic E-state index is -1.12. The van der Waals surface area contributed by atoms with E-state index in [4.69, 9.17) is 9.15 Å². The van der Waals surface area contributed by atoms with Crippen LogP contribution < -0.4 is 10.6 Å². The average molecular weight is 364 g/mol. The molecule has 0 aliphatic heterocycles. The zero-order chi connectivity index (χ0) is 18.6. The first-order valence-electron chi connectivity index (χ1n) is 9.94. The molecule has 1 aromatic rings. The van der Waals surface area contributed by atoms with Gasteiger partial charge in [0.2, 0.25) is 0 Å². The van der Waals surface area contributed by atoms with Crippen molar-refractivity contribution < 1.29 is 14.3 Å². The van der Waals surface area contributed by atoms with Crippen LogP contribution in [-0.4, -0.2) is 42.9 Å². The number of rotatable bonds is 7. The second-order valence-corrected chi connectivity index (χ2v) is 7.76. The molecule has 0 bridgehead atoms. The minimum absolute atomic E-state index is 0.241. The molecule has 1 heterocycles. The van der Waals surface area contributed by atoms with E-state index >= 15 is 0 Å². The Morgan fingerprint density at radius 3 is 2.81 bits per heavy atom. The summed E-state index contributed by atoms with van der Waals surface area (Å²) in [6.07, 6.45) is 7.96. The summed E-state index contributed by atoms with van der Waals surface area (Å²) < 4.78 is 11.3. The molecule has 2 aliphatic carbocycles. The minimum Gasteiger partial charge on any atom is -0.466 e. The van der Waals surface area contributed by atoms with Gasteiger partial charge >= 0.3 is 0 Å². The molecule has 26 heavy (non-hydrogen) atoms. The van der Waals surface area contributed by atoms with E-state index in [0.717, 1.165) is 25.5 Å². The first-order chi connectivity index (χ1) is 12.5. The molecule has 0 amide bonds. The molecule has 3 N–H and O–H groups in total. The number of ether oxygens (including phenoxy) is 1.